The predicted molar refractivity (Wildman–Crippen MR) is 109 cm³/mol. The number of rotatable bonds is 5. The Kier molecular flexibility index (Phi) is 5.76. The summed E-state index contributed by atoms with van der Waals surface area (Å²) < 4.78 is 25.2. The molecule has 1 saturated heterocycles. The monoisotopic (exact) mass is 420 g/mol. The lowest BCUT2D eigenvalue weighted by Gasteiger charge is -2.27. The van der Waals surface area contributed by atoms with Gasteiger partial charge in [-0.1, -0.05) is 41.9 Å². The van der Waals surface area contributed by atoms with Gasteiger partial charge in [0, 0.05) is 24.6 Å². The number of nitrogens with zero attached hydrogens (tertiary/aromatic N) is 2. The van der Waals surface area contributed by atoms with E-state index in [0.29, 0.717) is 10.8 Å². The lowest BCUT2D eigenvalue weighted by molar-refractivity contribution is -0.116. The summed E-state index contributed by atoms with van der Waals surface area (Å²) in [5, 5.41) is 0.106. The normalized spacial score (nSPS) is 15.9. The molecule has 0 atom stereocenters. The van der Waals surface area contributed by atoms with E-state index >= 15 is 0 Å². The number of hydrogen-bond donors (Lipinski definition) is 0. The molecule has 8 heteroatoms. The van der Waals surface area contributed by atoms with Crippen LogP contribution in [0, 0.1) is 0 Å². The Hall–Kier alpha value is -2.38. The average Bonchev–Trinajstić information content (AvgIpc) is 2.93. The van der Waals surface area contributed by atoms with Gasteiger partial charge in [0.25, 0.3) is 5.91 Å². The standard InChI is InChI=1S/C20H21ClN2O4S/c1-14(2)22(13-15-6-4-3-5-7-15)20(25)16-8-9-17(21)18(12-16)23-19(24)10-11-28(23,26)27/h3-9,12,14H,10-11,13H2,1-2H3. The second-order valence-corrected chi connectivity index (χ2v) is 9.25. The highest BCUT2D eigenvalue weighted by Gasteiger charge is 2.37. The minimum atomic E-state index is -3.76. The molecule has 2 aromatic carbocycles. The highest BCUT2D eigenvalue weighted by Crippen LogP contribution is 2.33. The summed E-state index contributed by atoms with van der Waals surface area (Å²) in [4.78, 5) is 26.9. The van der Waals surface area contributed by atoms with Gasteiger partial charge in [-0.15, -0.1) is 0 Å². The zero-order chi connectivity index (χ0) is 20.5. The first-order chi connectivity index (χ1) is 13.2. The van der Waals surface area contributed by atoms with E-state index in [2.05, 4.69) is 0 Å². The second kappa shape index (κ2) is 7.93. The topological polar surface area (TPSA) is 74.8 Å². The second-order valence-electron chi connectivity index (χ2n) is 6.90. The molecule has 0 aliphatic carbocycles. The van der Waals surface area contributed by atoms with Gasteiger partial charge in [-0.3, -0.25) is 9.59 Å². The van der Waals surface area contributed by atoms with Gasteiger partial charge in [0.2, 0.25) is 15.9 Å². The molecule has 0 N–H and O–H groups in total. The lowest BCUT2D eigenvalue weighted by Crippen LogP contribution is -2.36. The van der Waals surface area contributed by atoms with Crippen molar-refractivity contribution >= 4 is 39.1 Å². The van der Waals surface area contributed by atoms with Crippen molar-refractivity contribution < 1.29 is 18.0 Å². The van der Waals surface area contributed by atoms with Crippen molar-refractivity contribution in [2.45, 2.75) is 32.9 Å². The van der Waals surface area contributed by atoms with Crippen LogP contribution < -0.4 is 4.31 Å². The van der Waals surface area contributed by atoms with E-state index in [1.807, 2.05) is 44.2 Å². The minimum Gasteiger partial charge on any atom is -0.332 e. The summed E-state index contributed by atoms with van der Waals surface area (Å²) in [6.07, 6.45) is -0.0943. The van der Waals surface area contributed by atoms with Gasteiger partial charge in [0.05, 0.1) is 16.5 Å². The molecule has 0 unspecified atom stereocenters. The molecule has 0 spiro atoms. The first-order valence-corrected chi connectivity index (χ1v) is 10.9. The molecule has 1 aliphatic rings. The van der Waals surface area contributed by atoms with Crippen molar-refractivity contribution in [3.05, 3.63) is 64.7 Å². The first-order valence-electron chi connectivity index (χ1n) is 8.91. The van der Waals surface area contributed by atoms with E-state index in [1.165, 1.54) is 12.1 Å². The van der Waals surface area contributed by atoms with Gasteiger partial charge < -0.3 is 4.90 Å². The number of hydrogen-bond acceptors (Lipinski definition) is 4. The molecular weight excluding hydrogens is 400 g/mol. The average molecular weight is 421 g/mol. The van der Waals surface area contributed by atoms with Crippen molar-refractivity contribution in [2.24, 2.45) is 0 Å². The summed E-state index contributed by atoms with van der Waals surface area (Å²) in [6, 6.07) is 13.9. The third-order valence-electron chi connectivity index (χ3n) is 4.57. The van der Waals surface area contributed by atoms with Gasteiger partial charge in [0.1, 0.15) is 0 Å². The van der Waals surface area contributed by atoms with Crippen LogP contribution in [0.2, 0.25) is 5.02 Å². The van der Waals surface area contributed by atoms with E-state index < -0.39 is 15.9 Å². The molecule has 6 nitrogen and oxygen atoms in total. The van der Waals surface area contributed by atoms with Crippen molar-refractivity contribution in [3.8, 4) is 0 Å². The molecular formula is C20H21ClN2O4S. The molecule has 0 radical (unpaired) electrons. The predicted octanol–water partition coefficient (Wildman–Crippen LogP) is 3.46. The Morgan fingerprint density at radius 1 is 1.18 bits per heavy atom. The number of carbonyl (C=O) groups is 2. The molecule has 1 heterocycles. The van der Waals surface area contributed by atoms with Crippen LogP contribution in [0.4, 0.5) is 5.69 Å². The Morgan fingerprint density at radius 3 is 2.43 bits per heavy atom. The summed E-state index contributed by atoms with van der Waals surface area (Å²) in [5.74, 6) is -1.07. The molecule has 1 fully saturated rings. The van der Waals surface area contributed by atoms with Gasteiger partial charge >= 0.3 is 0 Å². The molecule has 0 saturated carbocycles. The fourth-order valence-corrected chi connectivity index (χ4v) is 4.80. The zero-order valence-corrected chi connectivity index (χ0v) is 17.2. The summed E-state index contributed by atoms with van der Waals surface area (Å²) in [5.41, 5.74) is 1.29. The van der Waals surface area contributed by atoms with Crippen molar-refractivity contribution in [2.75, 3.05) is 10.1 Å². The molecule has 1 aliphatic heterocycles. The number of benzene rings is 2. The number of halogens is 1. The fourth-order valence-electron chi connectivity index (χ4n) is 3.08. The molecule has 0 aromatic heterocycles. The molecule has 2 aromatic rings. The summed E-state index contributed by atoms with van der Waals surface area (Å²) >= 11 is 6.16. The molecule has 3 rings (SSSR count). The van der Waals surface area contributed by atoms with E-state index in [4.69, 9.17) is 11.6 Å². The Balaban J connectivity index is 1.96. The van der Waals surface area contributed by atoms with Gasteiger partial charge in [-0.2, -0.15) is 0 Å². The van der Waals surface area contributed by atoms with Gasteiger partial charge in [0.15, 0.2) is 0 Å². The molecule has 0 bridgehead atoms. The maximum atomic E-state index is 13.1. The number of carbonyl (C=O) groups excluding carboxylic acids is 2. The molecule has 2 amide bonds. The highest BCUT2D eigenvalue weighted by molar-refractivity contribution is 7.94. The van der Waals surface area contributed by atoms with Crippen LogP contribution in [0.5, 0.6) is 0 Å². The zero-order valence-electron chi connectivity index (χ0n) is 15.6. The first kappa shape index (κ1) is 20.4. The van der Waals surface area contributed by atoms with E-state index in [-0.39, 0.29) is 40.4 Å². The van der Waals surface area contributed by atoms with Gasteiger partial charge in [-0.05, 0) is 37.6 Å². The molecule has 148 valence electrons. The third kappa shape index (κ3) is 4.05. The molecule has 28 heavy (non-hydrogen) atoms. The lowest BCUT2D eigenvalue weighted by atomic mass is 10.1. The van der Waals surface area contributed by atoms with Crippen molar-refractivity contribution in [1.82, 2.24) is 4.90 Å². The van der Waals surface area contributed by atoms with Crippen LogP contribution in [0.1, 0.15) is 36.2 Å². The SMILES string of the molecule is CC(C)N(Cc1ccccc1)C(=O)c1ccc(Cl)c(N2C(=O)CCS2(=O)=O)c1. The van der Waals surface area contributed by atoms with Crippen LogP contribution in [0.25, 0.3) is 0 Å². The Morgan fingerprint density at radius 2 is 1.86 bits per heavy atom. The third-order valence-corrected chi connectivity index (χ3v) is 6.57. The van der Waals surface area contributed by atoms with Gasteiger partial charge in [-0.25, -0.2) is 12.7 Å². The van der Waals surface area contributed by atoms with Crippen molar-refractivity contribution in [3.63, 3.8) is 0 Å². The summed E-state index contributed by atoms with van der Waals surface area (Å²) in [7, 11) is -3.76. The van der Waals surface area contributed by atoms with Crippen molar-refractivity contribution in [1.29, 1.82) is 0 Å². The summed E-state index contributed by atoms with van der Waals surface area (Å²) in [6.45, 7) is 4.23. The highest BCUT2D eigenvalue weighted by atomic mass is 35.5. The minimum absolute atomic E-state index is 0.0263. The number of amides is 2. The maximum absolute atomic E-state index is 13.1. The van der Waals surface area contributed by atoms with Crippen LogP contribution in [0.15, 0.2) is 48.5 Å². The van der Waals surface area contributed by atoms with E-state index in [9.17, 15) is 18.0 Å². The fraction of sp³-hybridized carbons (Fsp3) is 0.300. The maximum Gasteiger partial charge on any atom is 0.254 e. The Labute approximate surface area is 169 Å². The van der Waals surface area contributed by atoms with E-state index in [1.54, 1.807) is 11.0 Å². The number of sulfonamides is 1. The largest absolute Gasteiger partial charge is 0.332 e. The van der Waals surface area contributed by atoms with Crippen LogP contribution in [0.3, 0.4) is 0 Å². The van der Waals surface area contributed by atoms with E-state index in [0.717, 1.165) is 5.56 Å². The quantitative estimate of drug-likeness (QED) is 0.742. The van der Waals surface area contributed by atoms with Crippen LogP contribution in [-0.4, -0.2) is 36.9 Å². The van der Waals surface area contributed by atoms with Crippen LogP contribution in [-0.2, 0) is 21.4 Å². The smallest absolute Gasteiger partial charge is 0.254 e. The Bertz CT molecular complexity index is 1010. The van der Waals surface area contributed by atoms with Crippen LogP contribution >= 0.6 is 11.6 Å². The number of anilines is 1.